The van der Waals surface area contributed by atoms with Gasteiger partial charge in [0.05, 0.1) is 8.81 Å². The first kappa shape index (κ1) is 16.0. The van der Waals surface area contributed by atoms with E-state index in [0.29, 0.717) is 21.8 Å². The monoisotopic (exact) mass is 393 g/mol. The van der Waals surface area contributed by atoms with E-state index in [1.54, 1.807) is 0 Å². The number of hydrogen-bond donors (Lipinski definition) is 1. The van der Waals surface area contributed by atoms with E-state index in [2.05, 4.69) is 20.7 Å². The summed E-state index contributed by atoms with van der Waals surface area (Å²) in [6, 6.07) is 9.38. The lowest BCUT2D eigenvalue weighted by atomic mass is 10.1. The van der Waals surface area contributed by atoms with Crippen molar-refractivity contribution in [3.63, 3.8) is 0 Å². The van der Waals surface area contributed by atoms with Crippen LogP contribution in [0.3, 0.4) is 0 Å². The molecule has 0 saturated carbocycles. The highest BCUT2D eigenvalue weighted by Crippen LogP contribution is 2.34. The fourth-order valence-corrected chi connectivity index (χ4v) is 5.22. The molecule has 1 heterocycles. The highest BCUT2D eigenvalue weighted by atomic mass is 79.9. The molecule has 0 aliphatic rings. The predicted molar refractivity (Wildman–Crippen MR) is 87.1 cm³/mol. The van der Waals surface area contributed by atoms with E-state index in [-0.39, 0.29) is 4.21 Å². The smallest absolute Gasteiger partial charge is 0.210 e. The average Bonchev–Trinajstić information content (AvgIpc) is 2.73. The SMILES string of the molecule is Cc1ccccc1CCNS(=O)(=O)c1cc(Cl)c(Br)s1. The standard InChI is InChI=1S/C13H13BrClNO2S2/c1-9-4-2-3-5-10(9)6-7-16-20(17,18)12-8-11(15)13(14)19-12/h2-5,8,16H,6-7H2,1H3. The Hall–Kier alpha value is -0.400. The lowest BCUT2D eigenvalue weighted by Gasteiger charge is -2.07. The van der Waals surface area contributed by atoms with Crippen LogP contribution in [-0.4, -0.2) is 15.0 Å². The van der Waals surface area contributed by atoms with Crippen molar-refractivity contribution in [1.29, 1.82) is 0 Å². The summed E-state index contributed by atoms with van der Waals surface area (Å²) in [6.45, 7) is 2.38. The maximum Gasteiger partial charge on any atom is 0.250 e. The van der Waals surface area contributed by atoms with Crippen LogP contribution in [0.1, 0.15) is 11.1 Å². The molecule has 3 nitrogen and oxygen atoms in total. The zero-order chi connectivity index (χ0) is 14.8. The van der Waals surface area contributed by atoms with E-state index in [0.717, 1.165) is 22.5 Å². The Kier molecular flexibility index (Phi) is 5.25. The Morgan fingerprint density at radius 2 is 2.05 bits per heavy atom. The fourth-order valence-electron chi connectivity index (χ4n) is 1.74. The molecule has 0 saturated heterocycles. The van der Waals surface area contributed by atoms with Crippen molar-refractivity contribution in [2.75, 3.05) is 6.54 Å². The molecule has 0 amide bonds. The van der Waals surface area contributed by atoms with Crippen molar-refractivity contribution in [1.82, 2.24) is 4.72 Å². The third kappa shape index (κ3) is 3.83. The molecule has 1 N–H and O–H groups in total. The molecule has 7 heteroatoms. The molecule has 20 heavy (non-hydrogen) atoms. The molecule has 0 radical (unpaired) electrons. The zero-order valence-electron chi connectivity index (χ0n) is 10.7. The Morgan fingerprint density at radius 1 is 1.35 bits per heavy atom. The van der Waals surface area contributed by atoms with Crippen molar-refractivity contribution in [3.8, 4) is 0 Å². The second-order valence-corrected chi connectivity index (χ2v) is 9.03. The maximum absolute atomic E-state index is 12.1. The first-order valence-electron chi connectivity index (χ1n) is 5.89. The van der Waals surface area contributed by atoms with E-state index in [1.165, 1.54) is 6.07 Å². The molecule has 0 aliphatic carbocycles. The van der Waals surface area contributed by atoms with Crippen molar-refractivity contribution >= 4 is 48.9 Å². The Labute approximate surface area is 136 Å². The van der Waals surface area contributed by atoms with Gasteiger partial charge < -0.3 is 0 Å². The van der Waals surface area contributed by atoms with E-state index >= 15 is 0 Å². The first-order valence-corrected chi connectivity index (χ1v) is 9.36. The van der Waals surface area contributed by atoms with Crippen molar-refractivity contribution < 1.29 is 8.42 Å². The zero-order valence-corrected chi connectivity index (χ0v) is 14.7. The molecule has 1 aromatic heterocycles. The quantitative estimate of drug-likeness (QED) is 0.833. The van der Waals surface area contributed by atoms with Gasteiger partial charge in [0, 0.05) is 6.54 Å². The van der Waals surface area contributed by atoms with Crippen LogP contribution in [0.4, 0.5) is 0 Å². The number of benzene rings is 1. The van der Waals surface area contributed by atoms with Gasteiger partial charge in [-0.3, -0.25) is 0 Å². The molecular weight excluding hydrogens is 382 g/mol. The van der Waals surface area contributed by atoms with Crippen LogP contribution in [0.15, 0.2) is 38.3 Å². The van der Waals surface area contributed by atoms with E-state index in [9.17, 15) is 8.42 Å². The van der Waals surface area contributed by atoms with Gasteiger partial charge in [-0.05, 0) is 46.5 Å². The predicted octanol–water partition coefficient (Wildman–Crippen LogP) is 3.99. The summed E-state index contributed by atoms with van der Waals surface area (Å²) in [7, 11) is -3.49. The van der Waals surface area contributed by atoms with Crippen LogP contribution in [0, 0.1) is 6.92 Å². The van der Waals surface area contributed by atoms with Gasteiger partial charge in [-0.2, -0.15) is 0 Å². The van der Waals surface area contributed by atoms with E-state index in [1.807, 2.05) is 31.2 Å². The number of rotatable bonds is 5. The van der Waals surface area contributed by atoms with Crippen molar-refractivity contribution in [3.05, 3.63) is 50.3 Å². The molecule has 0 spiro atoms. The number of nitrogens with one attached hydrogen (secondary N) is 1. The number of hydrogen-bond acceptors (Lipinski definition) is 3. The Balaban J connectivity index is 2.02. The van der Waals surface area contributed by atoms with Crippen LogP contribution in [0.5, 0.6) is 0 Å². The summed E-state index contributed by atoms with van der Waals surface area (Å²) in [5.41, 5.74) is 2.30. The van der Waals surface area contributed by atoms with Crippen LogP contribution >= 0.6 is 38.9 Å². The fraction of sp³-hybridized carbons (Fsp3) is 0.231. The molecule has 1 aromatic carbocycles. The van der Waals surface area contributed by atoms with Crippen LogP contribution in [-0.2, 0) is 16.4 Å². The van der Waals surface area contributed by atoms with Gasteiger partial charge in [-0.1, -0.05) is 35.9 Å². The number of sulfonamides is 1. The molecule has 2 rings (SSSR count). The lowest BCUT2D eigenvalue weighted by molar-refractivity contribution is 0.583. The molecule has 108 valence electrons. The summed E-state index contributed by atoms with van der Waals surface area (Å²) in [5, 5.41) is 0.411. The molecule has 0 fully saturated rings. The minimum atomic E-state index is -3.49. The summed E-state index contributed by atoms with van der Waals surface area (Å²) < 4.78 is 27.6. The van der Waals surface area contributed by atoms with E-state index < -0.39 is 10.0 Å². The summed E-state index contributed by atoms with van der Waals surface area (Å²) in [5.74, 6) is 0. The van der Waals surface area contributed by atoms with Crippen molar-refractivity contribution in [2.24, 2.45) is 0 Å². The maximum atomic E-state index is 12.1. The van der Waals surface area contributed by atoms with Crippen molar-refractivity contribution in [2.45, 2.75) is 17.6 Å². The minimum Gasteiger partial charge on any atom is -0.210 e. The average molecular weight is 395 g/mol. The molecular formula is C13H13BrClNO2S2. The topological polar surface area (TPSA) is 46.2 Å². The highest BCUT2D eigenvalue weighted by Gasteiger charge is 2.18. The third-order valence-electron chi connectivity index (χ3n) is 2.84. The Bertz CT molecular complexity index is 693. The van der Waals surface area contributed by atoms with Crippen LogP contribution in [0.2, 0.25) is 5.02 Å². The van der Waals surface area contributed by atoms with Gasteiger partial charge in [0.15, 0.2) is 0 Å². The van der Waals surface area contributed by atoms with Gasteiger partial charge in [-0.25, -0.2) is 13.1 Å². The summed E-state index contributed by atoms with van der Waals surface area (Å²) >= 11 is 10.2. The lowest BCUT2D eigenvalue weighted by Crippen LogP contribution is -2.25. The Morgan fingerprint density at radius 3 is 2.65 bits per heavy atom. The normalized spacial score (nSPS) is 11.8. The molecule has 0 aliphatic heterocycles. The number of thiophene rings is 1. The van der Waals surface area contributed by atoms with Gasteiger partial charge >= 0.3 is 0 Å². The molecule has 0 bridgehead atoms. The first-order chi connectivity index (χ1) is 9.40. The summed E-state index contributed by atoms with van der Waals surface area (Å²) in [6.07, 6.45) is 0.659. The number of halogens is 2. The van der Waals surface area contributed by atoms with Gasteiger partial charge in [0.1, 0.15) is 4.21 Å². The van der Waals surface area contributed by atoms with Gasteiger partial charge in [-0.15, -0.1) is 11.3 Å². The number of aryl methyl sites for hydroxylation is 1. The van der Waals surface area contributed by atoms with Gasteiger partial charge in [0.25, 0.3) is 0 Å². The van der Waals surface area contributed by atoms with Crippen LogP contribution in [0.25, 0.3) is 0 Å². The second-order valence-electron chi connectivity index (χ2n) is 4.26. The van der Waals surface area contributed by atoms with E-state index in [4.69, 9.17) is 11.6 Å². The van der Waals surface area contributed by atoms with Crippen LogP contribution < -0.4 is 4.72 Å². The molecule has 0 atom stereocenters. The van der Waals surface area contributed by atoms with Gasteiger partial charge in [0.2, 0.25) is 10.0 Å². The highest BCUT2D eigenvalue weighted by molar-refractivity contribution is 9.11. The third-order valence-corrected chi connectivity index (χ3v) is 7.24. The molecule has 2 aromatic rings. The molecule has 0 unspecified atom stereocenters. The summed E-state index contributed by atoms with van der Waals surface area (Å²) in [4.78, 5) is 0. The second kappa shape index (κ2) is 6.58. The largest absolute Gasteiger partial charge is 0.250 e. The minimum absolute atomic E-state index is 0.221.